The summed E-state index contributed by atoms with van der Waals surface area (Å²) >= 11 is 0.745. The molecule has 8 nitrogen and oxygen atoms in total. The first kappa shape index (κ1) is 28.3. The molecule has 7 rings (SSSR count). The first-order valence-electron chi connectivity index (χ1n) is 13.9. The average Bonchev–Trinajstić information content (AvgIpc) is 3.53. The van der Waals surface area contributed by atoms with Gasteiger partial charge in [-0.05, 0) is 31.0 Å². The summed E-state index contributed by atoms with van der Waals surface area (Å²) in [6, 6.07) is 2.61. The third kappa shape index (κ3) is 5.10. The van der Waals surface area contributed by atoms with Crippen molar-refractivity contribution in [2.45, 2.75) is 49.6 Å². The van der Waals surface area contributed by atoms with Crippen molar-refractivity contribution in [3.05, 3.63) is 35.4 Å². The number of alkyl halides is 4. The maximum absolute atomic E-state index is 16.6. The molecule has 0 radical (unpaired) electrons. The fourth-order valence-electron chi connectivity index (χ4n) is 6.22. The van der Waals surface area contributed by atoms with E-state index in [2.05, 4.69) is 20.3 Å². The van der Waals surface area contributed by atoms with Gasteiger partial charge in [-0.3, -0.25) is 0 Å². The highest BCUT2D eigenvalue weighted by molar-refractivity contribution is 7.22. The first-order valence-corrected chi connectivity index (χ1v) is 14.7. The molecule has 2 bridgehead atoms. The molecular weight excluding hydrogens is 598 g/mol. The van der Waals surface area contributed by atoms with Gasteiger partial charge < -0.3 is 25.4 Å². The molecule has 15 heteroatoms. The molecule has 0 spiro atoms. The number of halogens is 6. The molecular formula is C28H26F6N6O2S. The number of hydrogen-bond donors (Lipinski definition) is 2. The smallest absolute Gasteiger partial charge is 0.417 e. The first-order chi connectivity index (χ1) is 20.5. The molecule has 2 unspecified atom stereocenters. The Morgan fingerprint density at radius 3 is 2.49 bits per heavy atom. The van der Waals surface area contributed by atoms with Crippen LogP contribution in [-0.4, -0.2) is 65.6 Å². The minimum Gasteiger partial charge on any atom is -0.460 e. The van der Waals surface area contributed by atoms with Crippen molar-refractivity contribution in [2.75, 3.05) is 43.5 Å². The molecule has 3 aliphatic rings. The fourth-order valence-corrected chi connectivity index (χ4v) is 6.99. The summed E-state index contributed by atoms with van der Waals surface area (Å²) in [6.07, 6.45) is -3.09. The SMILES string of the molecule is Nc1nc2c(-c3c(C(F)(F)F)cc4c(N5CC6CCC(C5)N6)nc(OCC5(F)CCOCC5)nc4c3F)ccc(F)c2s1. The fraction of sp³-hybridized carbons (Fsp3) is 0.464. The number of ether oxygens (including phenoxy) is 2. The molecule has 0 amide bonds. The van der Waals surface area contributed by atoms with E-state index in [4.69, 9.17) is 15.2 Å². The average molecular weight is 625 g/mol. The lowest BCUT2D eigenvalue weighted by Gasteiger charge is -2.34. The number of piperazine rings is 1. The quantitative estimate of drug-likeness (QED) is 0.276. The minimum absolute atomic E-state index is 0.0661. The van der Waals surface area contributed by atoms with Crippen molar-refractivity contribution in [3.8, 4) is 17.1 Å². The summed E-state index contributed by atoms with van der Waals surface area (Å²) < 4.78 is 101. The molecule has 3 N–H and O–H groups in total. The number of benzene rings is 2. The van der Waals surface area contributed by atoms with Crippen LogP contribution >= 0.6 is 11.3 Å². The number of thiazole rings is 1. The van der Waals surface area contributed by atoms with E-state index < -0.39 is 46.7 Å². The Balaban J connectivity index is 1.44. The number of nitrogens with one attached hydrogen (secondary N) is 1. The number of hydrogen-bond acceptors (Lipinski definition) is 9. The maximum Gasteiger partial charge on any atom is 0.417 e. The minimum atomic E-state index is -5.01. The van der Waals surface area contributed by atoms with E-state index >= 15 is 8.78 Å². The Labute approximate surface area is 245 Å². The van der Waals surface area contributed by atoms with Crippen LogP contribution < -0.4 is 20.7 Å². The van der Waals surface area contributed by atoms with Crippen molar-refractivity contribution in [1.29, 1.82) is 0 Å². The van der Waals surface area contributed by atoms with E-state index in [-0.39, 0.29) is 76.3 Å². The van der Waals surface area contributed by atoms with Crippen LogP contribution in [0.4, 0.5) is 37.3 Å². The number of nitrogen functional groups attached to an aromatic ring is 1. The van der Waals surface area contributed by atoms with Gasteiger partial charge in [0.15, 0.2) is 10.9 Å². The summed E-state index contributed by atoms with van der Waals surface area (Å²) in [7, 11) is 0. The van der Waals surface area contributed by atoms with Crippen molar-refractivity contribution < 1.29 is 35.8 Å². The summed E-state index contributed by atoms with van der Waals surface area (Å²) in [6.45, 7) is 0.832. The van der Waals surface area contributed by atoms with E-state index in [0.717, 1.165) is 42.4 Å². The van der Waals surface area contributed by atoms with E-state index in [1.807, 2.05) is 0 Å². The highest BCUT2D eigenvalue weighted by Gasteiger charge is 2.40. The molecule has 5 heterocycles. The number of rotatable bonds is 5. The molecule has 228 valence electrons. The summed E-state index contributed by atoms with van der Waals surface area (Å²) in [5, 5.41) is 3.20. The van der Waals surface area contributed by atoms with E-state index in [1.165, 1.54) is 0 Å². The van der Waals surface area contributed by atoms with Gasteiger partial charge >= 0.3 is 12.2 Å². The second-order valence-electron chi connectivity index (χ2n) is 11.3. The molecule has 0 aliphatic carbocycles. The van der Waals surface area contributed by atoms with Gasteiger partial charge in [0.1, 0.15) is 29.4 Å². The number of fused-ring (bicyclic) bond motifs is 4. The van der Waals surface area contributed by atoms with Crippen LogP contribution in [0.25, 0.3) is 32.2 Å². The normalized spacial score (nSPS) is 22.0. The van der Waals surface area contributed by atoms with Crippen molar-refractivity contribution in [2.24, 2.45) is 0 Å². The van der Waals surface area contributed by atoms with Crippen LogP contribution in [0, 0.1) is 11.6 Å². The van der Waals surface area contributed by atoms with Gasteiger partial charge in [0, 0.05) is 67.7 Å². The molecule has 0 saturated carbocycles. The predicted octanol–water partition coefficient (Wildman–Crippen LogP) is 5.62. The lowest BCUT2D eigenvalue weighted by atomic mass is 9.95. The van der Waals surface area contributed by atoms with Gasteiger partial charge in [-0.2, -0.15) is 23.1 Å². The largest absolute Gasteiger partial charge is 0.460 e. The van der Waals surface area contributed by atoms with Crippen molar-refractivity contribution >= 4 is 43.4 Å². The zero-order valence-electron chi connectivity index (χ0n) is 22.6. The predicted molar refractivity (Wildman–Crippen MR) is 149 cm³/mol. The second-order valence-corrected chi connectivity index (χ2v) is 12.3. The zero-order valence-corrected chi connectivity index (χ0v) is 23.4. The highest BCUT2D eigenvalue weighted by atomic mass is 32.1. The Bertz CT molecular complexity index is 1710. The molecule has 2 aromatic carbocycles. The van der Waals surface area contributed by atoms with Gasteiger partial charge in [0.05, 0.1) is 15.8 Å². The second kappa shape index (κ2) is 10.3. The highest BCUT2D eigenvalue weighted by Crippen LogP contribution is 2.46. The molecule has 4 aromatic rings. The van der Waals surface area contributed by atoms with Gasteiger partial charge in [-0.25, -0.2) is 18.2 Å². The molecule has 2 aromatic heterocycles. The van der Waals surface area contributed by atoms with Gasteiger partial charge in [-0.15, -0.1) is 0 Å². The summed E-state index contributed by atoms with van der Waals surface area (Å²) in [4.78, 5) is 14.4. The Morgan fingerprint density at radius 1 is 1.07 bits per heavy atom. The van der Waals surface area contributed by atoms with E-state index in [0.29, 0.717) is 13.1 Å². The molecule has 43 heavy (non-hydrogen) atoms. The molecule has 3 fully saturated rings. The van der Waals surface area contributed by atoms with Crippen LogP contribution in [0.3, 0.4) is 0 Å². The third-order valence-corrected chi connectivity index (χ3v) is 9.24. The van der Waals surface area contributed by atoms with Gasteiger partial charge in [0.25, 0.3) is 0 Å². The van der Waals surface area contributed by atoms with Gasteiger partial charge in [-0.1, -0.05) is 11.3 Å². The van der Waals surface area contributed by atoms with E-state index in [9.17, 15) is 17.6 Å². The van der Waals surface area contributed by atoms with Crippen LogP contribution in [0.1, 0.15) is 31.2 Å². The topological polar surface area (TPSA) is 98.4 Å². The Kier molecular flexibility index (Phi) is 6.81. The third-order valence-electron chi connectivity index (χ3n) is 8.34. The molecule has 2 atom stereocenters. The van der Waals surface area contributed by atoms with Crippen LogP contribution in [-0.2, 0) is 10.9 Å². The van der Waals surface area contributed by atoms with E-state index in [1.54, 1.807) is 4.90 Å². The monoisotopic (exact) mass is 624 g/mol. The Morgan fingerprint density at radius 2 is 1.79 bits per heavy atom. The maximum atomic E-state index is 16.6. The number of aromatic nitrogens is 3. The summed E-state index contributed by atoms with van der Waals surface area (Å²) in [5.41, 5.74) is 0.964. The van der Waals surface area contributed by atoms with Crippen LogP contribution in [0.15, 0.2) is 18.2 Å². The van der Waals surface area contributed by atoms with Crippen LogP contribution in [0.2, 0.25) is 0 Å². The number of nitrogens with two attached hydrogens (primary N) is 1. The number of nitrogens with zero attached hydrogens (tertiary/aromatic N) is 4. The summed E-state index contributed by atoms with van der Waals surface area (Å²) in [5.74, 6) is -1.99. The lowest BCUT2D eigenvalue weighted by molar-refractivity contribution is -0.137. The number of anilines is 2. The Hall–Kier alpha value is -3.43. The molecule has 3 aliphatic heterocycles. The standard InChI is InChI=1S/C28H26F6N6O2S/c29-18-4-3-15(22-23(18)43-25(35)37-22)19-17(28(32,33)34)9-16-21(20(19)30)38-26(42-12-27(31)5-7-41-8-6-27)39-24(16)40-10-13-1-2-14(11-40)36-13/h3-4,9,13-14,36H,1-2,5-8,10-12H2,(H2,35,37). The van der Waals surface area contributed by atoms with Gasteiger partial charge in [0.2, 0.25) is 0 Å². The zero-order chi connectivity index (χ0) is 30.1. The van der Waals surface area contributed by atoms with Crippen LogP contribution in [0.5, 0.6) is 6.01 Å². The van der Waals surface area contributed by atoms with Crippen molar-refractivity contribution in [3.63, 3.8) is 0 Å². The lowest BCUT2D eigenvalue weighted by Crippen LogP contribution is -2.51. The molecule has 3 saturated heterocycles. The van der Waals surface area contributed by atoms with Crippen molar-refractivity contribution in [1.82, 2.24) is 20.3 Å².